The lowest BCUT2D eigenvalue weighted by molar-refractivity contribution is -0.125. The van der Waals surface area contributed by atoms with E-state index in [1.807, 2.05) is 27.0 Å². The summed E-state index contributed by atoms with van der Waals surface area (Å²) in [4.78, 5) is 40.9. The maximum atomic E-state index is 12.9. The minimum absolute atomic E-state index is 0.0215. The average molecular weight is 402 g/mol. The largest absolute Gasteiger partial charge is 0.356 e. The van der Waals surface area contributed by atoms with Crippen molar-refractivity contribution in [1.29, 1.82) is 0 Å². The number of anilines is 1. The summed E-state index contributed by atoms with van der Waals surface area (Å²) in [6, 6.07) is 5.30. The van der Waals surface area contributed by atoms with E-state index in [-0.39, 0.29) is 29.8 Å². The Hall–Kier alpha value is -2.61. The van der Waals surface area contributed by atoms with E-state index in [9.17, 15) is 14.4 Å². The molecule has 0 saturated carbocycles. The van der Waals surface area contributed by atoms with Gasteiger partial charge in [-0.1, -0.05) is 6.07 Å². The Morgan fingerprint density at radius 2 is 2.03 bits per heavy atom. The van der Waals surface area contributed by atoms with Gasteiger partial charge in [-0.15, -0.1) is 0 Å². The maximum absolute atomic E-state index is 12.9. The van der Waals surface area contributed by atoms with E-state index in [4.69, 9.17) is 0 Å². The summed E-state index contributed by atoms with van der Waals surface area (Å²) in [6.07, 6.45) is 1.50. The third kappa shape index (κ3) is 5.06. The number of amides is 4. The molecule has 1 aromatic rings. The Kier molecular flexibility index (Phi) is 6.74. The molecule has 2 saturated heterocycles. The zero-order valence-corrected chi connectivity index (χ0v) is 17.5. The van der Waals surface area contributed by atoms with Crippen LogP contribution in [0.25, 0.3) is 0 Å². The van der Waals surface area contributed by atoms with Crippen LogP contribution in [-0.4, -0.2) is 68.6 Å². The summed E-state index contributed by atoms with van der Waals surface area (Å²) in [5.74, 6) is -0.124. The number of hydrogen-bond acceptors (Lipinski definition) is 4. The predicted octanol–water partition coefficient (Wildman–Crippen LogP) is 1.10. The second-order valence-corrected chi connectivity index (χ2v) is 7.95. The van der Waals surface area contributed by atoms with E-state index in [0.717, 1.165) is 24.1 Å². The molecule has 3 N–H and O–H groups in total. The van der Waals surface area contributed by atoms with Gasteiger partial charge < -0.3 is 20.9 Å². The molecule has 2 heterocycles. The minimum atomic E-state index is -0.152. The number of urea groups is 1. The SMILES string of the molecule is CCNC(=O)[C@@H]1CC[C@H](NC(=O)c2ccc(C)c(N3CCNC3=O)c2)CN(C)C1. The molecule has 2 aliphatic rings. The molecule has 0 aliphatic carbocycles. The van der Waals surface area contributed by atoms with Crippen LogP contribution in [0.1, 0.15) is 35.7 Å². The smallest absolute Gasteiger partial charge is 0.322 e. The van der Waals surface area contributed by atoms with E-state index >= 15 is 0 Å². The number of rotatable bonds is 5. The van der Waals surface area contributed by atoms with E-state index in [1.54, 1.807) is 17.0 Å². The Balaban J connectivity index is 1.67. The first-order chi connectivity index (χ1) is 13.9. The fraction of sp³-hybridized carbons (Fsp3) is 0.571. The number of nitrogens with one attached hydrogen (secondary N) is 3. The van der Waals surface area contributed by atoms with Gasteiger partial charge >= 0.3 is 6.03 Å². The van der Waals surface area contributed by atoms with Gasteiger partial charge in [-0.3, -0.25) is 14.5 Å². The normalized spacial score (nSPS) is 22.7. The third-order valence-corrected chi connectivity index (χ3v) is 5.60. The molecule has 2 atom stereocenters. The van der Waals surface area contributed by atoms with Gasteiger partial charge in [0.25, 0.3) is 5.91 Å². The molecule has 0 aromatic heterocycles. The molecule has 8 heteroatoms. The molecule has 2 fully saturated rings. The standard InChI is InChI=1S/C21H31N5O3/c1-4-22-19(27)16-7-8-17(13-25(3)12-16)24-20(28)15-6-5-14(2)18(11-15)26-10-9-23-21(26)29/h5-6,11,16-17H,4,7-10,12-13H2,1-3H3,(H,22,27)(H,23,29)(H,24,28)/t16-,17+/m1/s1. The van der Waals surface area contributed by atoms with Crippen LogP contribution in [0.15, 0.2) is 18.2 Å². The Labute approximate surface area is 172 Å². The van der Waals surface area contributed by atoms with Crippen molar-refractivity contribution in [2.45, 2.75) is 32.7 Å². The summed E-state index contributed by atoms with van der Waals surface area (Å²) in [6.45, 7) is 7.08. The van der Waals surface area contributed by atoms with E-state index < -0.39 is 0 Å². The van der Waals surface area contributed by atoms with E-state index in [2.05, 4.69) is 20.9 Å². The van der Waals surface area contributed by atoms with Crippen molar-refractivity contribution in [3.05, 3.63) is 29.3 Å². The number of aryl methyl sites for hydroxylation is 1. The van der Waals surface area contributed by atoms with Crippen molar-refractivity contribution in [2.24, 2.45) is 5.92 Å². The number of benzene rings is 1. The van der Waals surface area contributed by atoms with Crippen molar-refractivity contribution in [3.63, 3.8) is 0 Å². The zero-order chi connectivity index (χ0) is 21.0. The number of carbonyl (C=O) groups excluding carboxylic acids is 3. The number of likely N-dealkylation sites (tertiary alicyclic amines) is 1. The summed E-state index contributed by atoms with van der Waals surface area (Å²) >= 11 is 0. The van der Waals surface area contributed by atoms with Crippen LogP contribution in [0, 0.1) is 12.8 Å². The fourth-order valence-corrected chi connectivity index (χ4v) is 4.07. The maximum Gasteiger partial charge on any atom is 0.322 e. The van der Waals surface area contributed by atoms with Gasteiger partial charge in [-0.25, -0.2) is 4.79 Å². The Morgan fingerprint density at radius 3 is 2.72 bits per heavy atom. The van der Waals surface area contributed by atoms with Crippen molar-refractivity contribution in [1.82, 2.24) is 20.9 Å². The second kappa shape index (κ2) is 9.26. The summed E-state index contributed by atoms with van der Waals surface area (Å²) in [5.41, 5.74) is 2.26. The topological polar surface area (TPSA) is 93.8 Å². The Morgan fingerprint density at radius 1 is 1.24 bits per heavy atom. The van der Waals surface area contributed by atoms with Crippen LogP contribution in [0.4, 0.5) is 10.5 Å². The van der Waals surface area contributed by atoms with Crippen LogP contribution >= 0.6 is 0 Å². The molecule has 1 aromatic carbocycles. The first kappa shape index (κ1) is 21.1. The molecule has 2 aliphatic heterocycles. The summed E-state index contributed by atoms with van der Waals surface area (Å²) in [5, 5.41) is 8.80. The molecule has 158 valence electrons. The highest BCUT2D eigenvalue weighted by molar-refractivity contribution is 5.99. The highest BCUT2D eigenvalue weighted by Gasteiger charge is 2.28. The molecule has 29 heavy (non-hydrogen) atoms. The molecule has 8 nitrogen and oxygen atoms in total. The number of nitrogens with zero attached hydrogens (tertiary/aromatic N) is 2. The van der Waals surface area contributed by atoms with E-state index in [0.29, 0.717) is 38.3 Å². The lowest BCUT2D eigenvalue weighted by Crippen LogP contribution is -2.42. The lowest BCUT2D eigenvalue weighted by atomic mass is 10.0. The molecule has 3 rings (SSSR count). The highest BCUT2D eigenvalue weighted by Crippen LogP contribution is 2.24. The zero-order valence-electron chi connectivity index (χ0n) is 17.5. The quantitative estimate of drug-likeness (QED) is 0.689. The average Bonchev–Trinajstić information content (AvgIpc) is 3.01. The predicted molar refractivity (Wildman–Crippen MR) is 112 cm³/mol. The van der Waals surface area contributed by atoms with Gasteiger partial charge in [-0.2, -0.15) is 0 Å². The molecule has 0 spiro atoms. The molecular formula is C21H31N5O3. The van der Waals surface area contributed by atoms with Gasteiger partial charge in [0.2, 0.25) is 5.91 Å². The second-order valence-electron chi connectivity index (χ2n) is 7.95. The van der Waals surface area contributed by atoms with Gasteiger partial charge in [0.15, 0.2) is 0 Å². The van der Waals surface area contributed by atoms with Crippen molar-refractivity contribution in [3.8, 4) is 0 Å². The highest BCUT2D eigenvalue weighted by atomic mass is 16.2. The van der Waals surface area contributed by atoms with Crippen LogP contribution in [-0.2, 0) is 4.79 Å². The first-order valence-corrected chi connectivity index (χ1v) is 10.3. The Bertz CT molecular complexity index is 782. The summed E-state index contributed by atoms with van der Waals surface area (Å²) < 4.78 is 0. The first-order valence-electron chi connectivity index (χ1n) is 10.3. The van der Waals surface area contributed by atoms with Crippen molar-refractivity contribution in [2.75, 3.05) is 44.7 Å². The number of carbonyl (C=O) groups is 3. The van der Waals surface area contributed by atoms with Gasteiger partial charge in [0.05, 0.1) is 5.92 Å². The van der Waals surface area contributed by atoms with Gasteiger partial charge in [-0.05, 0) is 51.4 Å². The molecule has 0 bridgehead atoms. The molecule has 4 amide bonds. The summed E-state index contributed by atoms with van der Waals surface area (Å²) in [7, 11) is 1.98. The molecule has 0 radical (unpaired) electrons. The fourth-order valence-electron chi connectivity index (χ4n) is 4.07. The number of hydrogen-bond donors (Lipinski definition) is 3. The molecular weight excluding hydrogens is 370 g/mol. The third-order valence-electron chi connectivity index (χ3n) is 5.60. The van der Waals surface area contributed by atoms with Crippen molar-refractivity contribution < 1.29 is 14.4 Å². The van der Waals surface area contributed by atoms with Gasteiger partial charge in [0.1, 0.15) is 0 Å². The van der Waals surface area contributed by atoms with E-state index in [1.165, 1.54) is 0 Å². The molecule has 0 unspecified atom stereocenters. The monoisotopic (exact) mass is 401 g/mol. The van der Waals surface area contributed by atoms with Crippen LogP contribution in [0.5, 0.6) is 0 Å². The number of likely N-dealkylation sites (N-methyl/N-ethyl adjacent to an activating group) is 1. The van der Waals surface area contributed by atoms with Crippen LogP contribution in [0.3, 0.4) is 0 Å². The van der Waals surface area contributed by atoms with Crippen LogP contribution < -0.4 is 20.9 Å². The van der Waals surface area contributed by atoms with Crippen molar-refractivity contribution >= 4 is 23.5 Å². The van der Waals surface area contributed by atoms with Crippen LogP contribution in [0.2, 0.25) is 0 Å². The lowest BCUT2D eigenvalue weighted by Gasteiger charge is -2.22. The minimum Gasteiger partial charge on any atom is -0.356 e. The van der Waals surface area contributed by atoms with Gasteiger partial charge in [0, 0.05) is 50.0 Å².